The number of benzene rings is 1. The van der Waals surface area contributed by atoms with Crippen LogP contribution in [0.3, 0.4) is 0 Å². The van der Waals surface area contributed by atoms with Crippen LogP contribution in [0.25, 0.3) is 11.0 Å². The zero-order chi connectivity index (χ0) is 18.8. The number of carbonyl (C=O) groups is 1. The second-order valence-corrected chi connectivity index (χ2v) is 6.97. The normalized spacial score (nSPS) is 12.8. The Balaban J connectivity index is 1.79. The third kappa shape index (κ3) is 3.50. The molecule has 0 amide bonds. The van der Waals surface area contributed by atoms with Gasteiger partial charge in [0.15, 0.2) is 5.65 Å². The van der Waals surface area contributed by atoms with Crippen molar-refractivity contribution in [1.82, 2.24) is 9.97 Å². The van der Waals surface area contributed by atoms with Gasteiger partial charge in [0, 0.05) is 23.0 Å². The fourth-order valence-electron chi connectivity index (χ4n) is 3.53. The number of ether oxygens (including phenoxy) is 1. The van der Waals surface area contributed by atoms with Crippen molar-refractivity contribution >= 4 is 28.4 Å². The molecule has 2 heterocycles. The number of esters is 1. The molecule has 0 saturated heterocycles. The minimum absolute atomic E-state index is 0.365. The Kier molecular flexibility index (Phi) is 4.75. The summed E-state index contributed by atoms with van der Waals surface area (Å²) in [5.74, 6) is -0.365. The van der Waals surface area contributed by atoms with Crippen molar-refractivity contribution in [2.24, 2.45) is 0 Å². The van der Waals surface area contributed by atoms with Crippen LogP contribution in [0.4, 0.5) is 11.4 Å². The highest BCUT2D eigenvalue weighted by Crippen LogP contribution is 2.31. The second kappa shape index (κ2) is 7.35. The molecule has 1 aliphatic carbocycles. The number of hydrogen-bond donors (Lipinski definition) is 1. The van der Waals surface area contributed by atoms with Gasteiger partial charge < -0.3 is 10.1 Å². The van der Waals surface area contributed by atoms with E-state index >= 15 is 0 Å². The van der Waals surface area contributed by atoms with E-state index in [1.165, 1.54) is 17.5 Å². The molecule has 2 aromatic heterocycles. The van der Waals surface area contributed by atoms with E-state index in [4.69, 9.17) is 4.74 Å². The van der Waals surface area contributed by atoms with Gasteiger partial charge in [-0.15, -0.1) is 0 Å². The summed E-state index contributed by atoms with van der Waals surface area (Å²) in [6.07, 6.45) is 5.79. The fraction of sp³-hybridized carbons (Fsp3) is 0.318. The van der Waals surface area contributed by atoms with Crippen molar-refractivity contribution in [1.29, 1.82) is 0 Å². The van der Waals surface area contributed by atoms with Gasteiger partial charge in [-0.1, -0.05) is 13.0 Å². The molecule has 0 fully saturated rings. The van der Waals surface area contributed by atoms with Gasteiger partial charge in [-0.25, -0.2) is 14.8 Å². The van der Waals surface area contributed by atoms with Crippen LogP contribution < -0.4 is 5.32 Å². The molecule has 0 atom stereocenters. The van der Waals surface area contributed by atoms with E-state index in [0.717, 1.165) is 36.0 Å². The minimum Gasteiger partial charge on any atom is -0.462 e. The maximum absolute atomic E-state index is 12.6. The van der Waals surface area contributed by atoms with Crippen molar-refractivity contribution < 1.29 is 9.53 Å². The molecule has 5 nitrogen and oxygen atoms in total. The topological polar surface area (TPSA) is 64.1 Å². The zero-order valence-corrected chi connectivity index (χ0v) is 15.7. The van der Waals surface area contributed by atoms with Gasteiger partial charge in [-0.3, -0.25) is 0 Å². The third-order valence-electron chi connectivity index (χ3n) is 4.89. The molecule has 3 aromatic rings. The number of rotatable bonds is 5. The molecule has 1 aromatic carbocycles. The third-order valence-corrected chi connectivity index (χ3v) is 4.89. The van der Waals surface area contributed by atoms with E-state index in [2.05, 4.69) is 33.5 Å². The molecule has 27 heavy (non-hydrogen) atoms. The maximum atomic E-state index is 12.6. The van der Waals surface area contributed by atoms with Crippen LogP contribution in [0.1, 0.15) is 46.9 Å². The molecule has 0 saturated carbocycles. The number of anilines is 2. The molecule has 0 aliphatic heterocycles. The summed E-state index contributed by atoms with van der Waals surface area (Å²) in [6.45, 7) is 4.29. The van der Waals surface area contributed by atoms with E-state index < -0.39 is 0 Å². The van der Waals surface area contributed by atoms with E-state index in [0.29, 0.717) is 23.5 Å². The van der Waals surface area contributed by atoms with Gasteiger partial charge in [-0.2, -0.15) is 0 Å². The lowest BCUT2D eigenvalue weighted by Gasteiger charge is -2.15. The predicted octanol–water partition coefficient (Wildman–Crippen LogP) is 4.74. The molecule has 138 valence electrons. The first-order valence-electron chi connectivity index (χ1n) is 9.48. The quantitative estimate of drug-likeness (QED) is 0.665. The minimum atomic E-state index is -0.365. The van der Waals surface area contributed by atoms with Crippen molar-refractivity contribution in [3.8, 4) is 0 Å². The molecular weight excluding hydrogens is 338 g/mol. The van der Waals surface area contributed by atoms with Gasteiger partial charge in [-0.05, 0) is 68.0 Å². The van der Waals surface area contributed by atoms with E-state index in [1.54, 1.807) is 6.20 Å². The summed E-state index contributed by atoms with van der Waals surface area (Å²) in [7, 11) is 0. The average molecular weight is 361 g/mol. The lowest BCUT2D eigenvalue weighted by atomic mass is 10.1. The Hall–Kier alpha value is -2.95. The number of fused-ring (bicyclic) bond motifs is 2. The fourth-order valence-corrected chi connectivity index (χ4v) is 3.53. The number of carbonyl (C=O) groups excluding carboxylic acids is 1. The smallest absolute Gasteiger partial charge is 0.341 e. The summed E-state index contributed by atoms with van der Waals surface area (Å²) >= 11 is 0. The number of nitrogens with zero attached hydrogens (tertiary/aromatic N) is 2. The largest absolute Gasteiger partial charge is 0.462 e. The van der Waals surface area contributed by atoms with Gasteiger partial charge in [0.1, 0.15) is 5.56 Å². The van der Waals surface area contributed by atoms with Gasteiger partial charge in [0.25, 0.3) is 0 Å². The van der Waals surface area contributed by atoms with Gasteiger partial charge >= 0.3 is 5.97 Å². The van der Waals surface area contributed by atoms with Crippen molar-refractivity contribution in [2.75, 3.05) is 11.9 Å². The van der Waals surface area contributed by atoms with Crippen LogP contribution in [0, 0.1) is 6.92 Å². The van der Waals surface area contributed by atoms with Crippen molar-refractivity contribution in [2.45, 2.75) is 39.5 Å². The Morgan fingerprint density at radius 3 is 2.89 bits per heavy atom. The van der Waals surface area contributed by atoms with Crippen LogP contribution in [0.5, 0.6) is 0 Å². The first-order valence-corrected chi connectivity index (χ1v) is 9.48. The Bertz CT molecular complexity index is 1010. The predicted molar refractivity (Wildman–Crippen MR) is 107 cm³/mol. The van der Waals surface area contributed by atoms with Gasteiger partial charge in [0.2, 0.25) is 0 Å². The number of aryl methyl sites for hydroxylation is 3. The second-order valence-electron chi connectivity index (χ2n) is 6.97. The van der Waals surface area contributed by atoms with Gasteiger partial charge in [0.05, 0.1) is 12.3 Å². The standard InChI is InChI=1S/C22H23N3O2/c1-3-11-27-22(26)19-13-23-21-18(10-7-14(2)24-21)20(19)25-17-9-8-15-5-4-6-16(15)12-17/h7-10,12-13H,3-6,11H2,1-2H3,(H,23,24,25). The summed E-state index contributed by atoms with van der Waals surface area (Å²) < 4.78 is 5.36. The van der Waals surface area contributed by atoms with Crippen molar-refractivity contribution in [3.63, 3.8) is 0 Å². The first-order chi connectivity index (χ1) is 13.2. The van der Waals surface area contributed by atoms with Crippen molar-refractivity contribution in [3.05, 3.63) is 58.9 Å². The molecule has 0 unspecified atom stereocenters. The van der Waals surface area contributed by atoms with Crippen LogP contribution in [0.2, 0.25) is 0 Å². The highest BCUT2D eigenvalue weighted by molar-refractivity contribution is 6.05. The number of pyridine rings is 2. The van der Waals surface area contributed by atoms with Crippen LogP contribution in [-0.2, 0) is 17.6 Å². The Morgan fingerprint density at radius 1 is 1.19 bits per heavy atom. The van der Waals surface area contributed by atoms with E-state index in [1.807, 2.05) is 26.0 Å². The molecule has 5 heteroatoms. The summed E-state index contributed by atoms with van der Waals surface area (Å²) in [4.78, 5) is 21.5. The summed E-state index contributed by atoms with van der Waals surface area (Å²) in [5, 5.41) is 4.25. The molecule has 0 bridgehead atoms. The summed E-state index contributed by atoms with van der Waals surface area (Å²) in [6, 6.07) is 10.3. The van der Waals surface area contributed by atoms with E-state index in [-0.39, 0.29) is 5.97 Å². The highest BCUT2D eigenvalue weighted by atomic mass is 16.5. The van der Waals surface area contributed by atoms with Crippen LogP contribution >= 0.6 is 0 Å². The molecule has 1 aliphatic rings. The maximum Gasteiger partial charge on any atom is 0.341 e. The van der Waals surface area contributed by atoms with Crippen LogP contribution in [0.15, 0.2) is 36.5 Å². The molecule has 0 radical (unpaired) electrons. The zero-order valence-electron chi connectivity index (χ0n) is 15.7. The average Bonchev–Trinajstić information content (AvgIpc) is 3.14. The number of hydrogen-bond acceptors (Lipinski definition) is 5. The number of nitrogens with one attached hydrogen (secondary N) is 1. The SMILES string of the molecule is CCCOC(=O)c1cnc2nc(C)ccc2c1Nc1ccc2c(c1)CCC2. The molecular formula is C22H23N3O2. The van der Waals surface area contributed by atoms with Crippen LogP contribution in [-0.4, -0.2) is 22.5 Å². The van der Waals surface area contributed by atoms with E-state index in [9.17, 15) is 4.79 Å². The molecule has 0 spiro atoms. The lowest BCUT2D eigenvalue weighted by molar-refractivity contribution is 0.0506. The monoisotopic (exact) mass is 361 g/mol. The Morgan fingerprint density at radius 2 is 2.04 bits per heavy atom. The first kappa shape index (κ1) is 17.5. The number of aromatic nitrogens is 2. The lowest BCUT2D eigenvalue weighted by Crippen LogP contribution is -2.10. The highest BCUT2D eigenvalue weighted by Gasteiger charge is 2.19. The summed E-state index contributed by atoms with van der Waals surface area (Å²) in [5.41, 5.74) is 6.40. The Labute approximate surface area is 158 Å². The molecule has 4 rings (SSSR count). The molecule has 1 N–H and O–H groups in total.